The average Bonchev–Trinajstić information content (AvgIpc) is 3.68. The van der Waals surface area contributed by atoms with Crippen LogP contribution in [0, 0.1) is 6.92 Å². The molecule has 5 rings (SSSR count). The first-order chi connectivity index (χ1) is 15.7. The van der Waals surface area contributed by atoms with E-state index in [1.54, 1.807) is 7.11 Å². The van der Waals surface area contributed by atoms with Crippen LogP contribution in [0.15, 0.2) is 36.4 Å². The second kappa shape index (κ2) is 8.94. The molecule has 0 bridgehead atoms. The van der Waals surface area contributed by atoms with Gasteiger partial charge in [-0.2, -0.15) is 0 Å². The topological polar surface area (TPSA) is 70.5 Å². The molecule has 2 aromatic carbocycles. The zero-order valence-corrected chi connectivity index (χ0v) is 19.0. The predicted molar refractivity (Wildman–Crippen MR) is 129 cm³/mol. The van der Waals surface area contributed by atoms with Crippen LogP contribution in [0.4, 0.5) is 11.5 Å². The Kier molecular flexibility index (Phi) is 5.87. The van der Waals surface area contributed by atoms with Crippen LogP contribution in [-0.2, 0) is 0 Å². The van der Waals surface area contributed by atoms with Crippen LogP contribution < -0.4 is 15.0 Å². The number of aliphatic hydroxyl groups is 1. The maximum atomic E-state index is 9.22. The number of aromatic nitrogens is 2. The summed E-state index contributed by atoms with van der Waals surface area (Å²) in [7, 11) is 1.76. The SMILES string of the molecule is COc1ccccc1C1CCN(c2nc(C3CC3)nc3c(C)cc(NCCO)cc23)CC1. The molecule has 0 amide bonds. The molecule has 0 atom stereocenters. The number of aryl methyl sites for hydroxylation is 1. The molecule has 2 fully saturated rings. The first-order valence-electron chi connectivity index (χ1n) is 11.7. The molecule has 3 aromatic rings. The summed E-state index contributed by atoms with van der Waals surface area (Å²) in [5, 5.41) is 13.6. The van der Waals surface area contributed by atoms with Crippen molar-refractivity contribution in [1.82, 2.24) is 9.97 Å². The molecule has 0 unspecified atom stereocenters. The van der Waals surface area contributed by atoms with Crippen molar-refractivity contribution in [3.05, 3.63) is 53.3 Å². The number of fused-ring (bicyclic) bond motifs is 1. The van der Waals surface area contributed by atoms with Gasteiger partial charge >= 0.3 is 0 Å². The molecule has 6 nitrogen and oxygen atoms in total. The van der Waals surface area contributed by atoms with Crippen molar-refractivity contribution in [2.45, 2.75) is 44.4 Å². The molecular formula is C26H32N4O2. The van der Waals surface area contributed by atoms with Crippen LogP contribution in [0.25, 0.3) is 10.9 Å². The normalized spacial score (nSPS) is 17.0. The summed E-state index contributed by atoms with van der Waals surface area (Å²) in [6.07, 6.45) is 4.53. The molecule has 0 spiro atoms. The number of anilines is 2. The molecule has 1 aliphatic carbocycles. The third-order valence-electron chi connectivity index (χ3n) is 6.74. The van der Waals surface area contributed by atoms with Gasteiger partial charge in [0.1, 0.15) is 17.4 Å². The fraction of sp³-hybridized carbons (Fsp3) is 0.462. The van der Waals surface area contributed by atoms with E-state index in [9.17, 15) is 5.11 Å². The smallest absolute Gasteiger partial charge is 0.140 e. The van der Waals surface area contributed by atoms with Gasteiger partial charge in [-0.15, -0.1) is 0 Å². The number of piperidine rings is 1. The van der Waals surface area contributed by atoms with Crippen LogP contribution in [0.1, 0.15) is 54.5 Å². The molecule has 0 radical (unpaired) electrons. The number of hydrogen-bond acceptors (Lipinski definition) is 6. The van der Waals surface area contributed by atoms with Gasteiger partial charge in [0.15, 0.2) is 0 Å². The number of para-hydroxylation sites is 1. The number of nitrogens with zero attached hydrogens (tertiary/aromatic N) is 3. The van der Waals surface area contributed by atoms with E-state index in [0.717, 1.165) is 65.5 Å². The van der Waals surface area contributed by atoms with E-state index in [-0.39, 0.29) is 6.61 Å². The second-order valence-electron chi connectivity index (χ2n) is 9.02. The van der Waals surface area contributed by atoms with Crippen molar-refractivity contribution in [2.75, 3.05) is 43.6 Å². The minimum Gasteiger partial charge on any atom is -0.496 e. The lowest BCUT2D eigenvalue weighted by atomic mass is 9.88. The van der Waals surface area contributed by atoms with E-state index < -0.39 is 0 Å². The Morgan fingerprint density at radius 1 is 1.06 bits per heavy atom. The monoisotopic (exact) mass is 432 g/mol. The highest BCUT2D eigenvalue weighted by Crippen LogP contribution is 2.42. The summed E-state index contributed by atoms with van der Waals surface area (Å²) in [5.74, 6) is 4.06. The number of methoxy groups -OCH3 is 1. The molecule has 1 aliphatic heterocycles. The van der Waals surface area contributed by atoms with Gasteiger partial charge in [0.25, 0.3) is 0 Å². The Bertz CT molecular complexity index is 1100. The van der Waals surface area contributed by atoms with Gasteiger partial charge in [0.2, 0.25) is 0 Å². The van der Waals surface area contributed by atoms with Gasteiger partial charge in [-0.1, -0.05) is 18.2 Å². The lowest BCUT2D eigenvalue weighted by Gasteiger charge is -2.34. The Hall–Kier alpha value is -2.86. The standard InChI is InChI=1S/C26H32N4O2/c1-17-15-20(27-11-14-31)16-22-24(17)28-25(19-7-8-19)29-26(22)30-12-9-18(10-13-30)21-5-3-4-6-23(21)32-2/h3-6,15-16,18-19,27,31H,7-14H2,1-2H3. The van der Waals surface area contributed by atoms with Crippen LogP contribution in [0.5, 0.6) is 5.75 Å². The molecule has 32 heavy (non-hydrogen) atoms. The maximum absolute atomic E-state index is 9.22. The fourth-order valence-electron chi connectivity index (χ4n) is 4.88. The maximum Gasteiger partial charge on any atom is 0.140 e. The summed E-state index contributed by atoms with van der Waals surface area (Å²) in [6.45, 7) is 4.69. The van der Waals surface area contributed by atoms with Crippen molar-refractivity contribution in [3.63, 3.8) is 0 Å². The molecule has 1 saturated carbocycles. The molecular weight excluding hydrogens is 400 g/mol. The summed E-state index contributed by atoms with van der Waals surface area (Å²) in [6, 6.07) is 12.7. The number of rotatable bonds is 7. The third kappa shape index (κ3) is 4.11. The number of benzene rings is 2. The molecule has 1 aromatic heterocycles. The van der Waals surface area contributed by atoms with Gasteiger partial charge in [-0.3, -0.25) is 0 Å². The number of ether oxygens (including phenoxy) is 1. The summed E-state index contributed by atoms with van der Waals surface area (Å²) in [4.78, 5) is 12.5. The lowest BCUT2D eigenvalue weighted by Crippen LogP contribution is -2.34. The van der Waals surface area contributed by atoms with Gasteiger partial charge in [-0.05, 0) is 67.9 Å². The number of nitrogens with one attached hydrogen (secondary N) is 1. The van der Waals surface area contributed by atoms with E-state index in [1.807, 2.05) is 6.07 Å². The number of hydrogen-bond donors (Lipinski definition) is 2. The summed E-state index contributed by atoms with van der Waals surface area (Å²) in [5.41, 5.74) is 4.53. The van der Waals surface area contributed by atoms with E-state index in [2.05, 4.69) is 47.5 Å². The Balaban J connectivity index is 1.47. The average molecular weight is 433 g/mol. The van der Waals surface area contributed by atoms with Gasteiger partial charge in [0, 0.05) is 36.6 Å². The first-order valence-corrected chi connectivity index (χ1v) is 11.7. The van der Waals surface area contributed by atoms with E-state index in [1.165, 1.54) is 18.4 Å². The van der Waals surface area contributed by atoms with Crippen LogP contribution in [0.3, 0.4) is 0 Å². The zero-order valence-electron chi connectivity index (χ0n) is 19.0. The van der Waals surface area contributed by atoms with Crippen molar-refractivity contribution in [3.8, 4) is 5.75 Å². The molecule has 168 valence electrons. The van der Waals surface area contributed by atoms with E-state index >= 15 is 0 Å². The Morgan fingerprint density at radius 2 is 1.84 bits per heavy atom. The highest BCUT2D eigenvalue weighted by atomic mass is 16.5. The van der Waals surface area contributed by atoms with Crippen molar-refractivity contribution >= 4 is 22.4 Å². The minimum absolute atomic E-state index is 0.109. The Morgan fingerprint density at radius 3 is 2.56 bits per heavy atom. The van der Waals surface area contributed by atoms with Crippen molar-refractivity contribution in [1.29, 1.82) is 0 Å². The minimum atomic E-state index is 0.109. The molecule has 6 heteroatoms. The predicted octanol–water partition coefficient (Wildman–Crippen LogP) is 4.61. The van der Waals surface area contributed by atoms with Gasteiger partial charge in [0.05, 0.1) is 19.2 Å². The summed E-state index contributed by atoms with van der Waals surface area (Å²) < 4.78 is 5.62. The van der Waals surface area contributed by atoms with Crippen molar-refractivity contribution in [2.24, 2.45) is 0 Å². The molecule has 2 N–H and O–H groups in total. The van der Waals surface area contributed by atoms with Crippen molar-refractivity contribution < 1.29 is 9.84 Å². The largest absolute Gasteiger partial charge is 0.496 e. The summed E-state index contributed by atoms with van der Waals surface area (Å²) >= 11 is 0. The highest BCUT2D eigenvalue weighted by Gasteiger charge is 2.30. The number of aliphatic hydroxyl groups excluding tert-OH is 1. The quantitative estimate of drug-likeness (QED) is 0.568. The van der Waals surface area contributed by atoms with Crippen LogP contribution in [0.2, 0.25) is 0 Å². The highest BCUT2D eigenvalue weighted by molar-refractivity contribution is 5.94. The molecule has 2 heterocycles. The second-order valence-corrected chi connectivity index (χ2v) is 9.02. The van der Waals surface area contributed by atoms with Gasteiger partial charge < -0.3 is 20.1 Å². The Labute approximate surface area is 189 Å². The van der Waals surface area contributed by atoms with Gasteiger partial charge in [-0.25, -0.2) is 9.97 Å². The van der Waals surface area contributed by atoms with E-state index in [0.29, 0.717) is 18.4 Å². The third-order valence-corrected chi connectivity index (χ3v) is 6.74. The lowest BCUT2D eigenvalue weighted by molar-refractivity contribution is 0.311. The fourth-order valence-corrected chi connectivity index (χ4v) is 4.88. The van der Waals surface area contributed by atoms with E-state index in [4.69, 9.17) is 14.7 Å². The van der Waals surface area contributed by atoms with Crippen LogP contribution >= 0.6 is 0 Å². The zero-order chi connectivity index (χ0) is 22.1. The molecule has 2 aliphatic rings. The first kappa shape index (κ1) is 21.0. The van der Waals surface area contributed by atoms with Crippen LogP contribution in [-0.4, -0.2) is 48.4 Å². The molecule has 1 saturated heterocycles.